The van der Waals surface area contributed by atoms with Crippen molar-refractivity contribution in [3.05, 3.63) is 43.1 Å². The number of rotatable bonds is 3. The van der Waals surface area contributed by atoms with Gasteiger partial charge in [0.2, 0.25) is 0 Å². The molecule has 0 atom stereocenters. The lowest BCUT2D eigenvalue weighted by atomic mass is 10.2. The van der Waals surface area contributed by atoms with E-state index in [0.29, 0.717) is 19.7 Å². The number of aryl methyl sites for hydroxylation is 1. The number of hydrogen-bond donors (Lipinski definition) is 1. The van der Waals surface area contributed by atoms with E-state index in [1.54, 1.807) is 23.6 Å². The van der Waals surface area contributed by atoms with E-state index in [-0.39, 0.29) is 4.21 Å². The molecule has 1 heterocycles. The van der Waals surface area contributed by atoms with Crippen LogP contribution in [-0.4, -0.2) is 8.42 Å². The molecule has 0 spiro atoms. The second-order valence-corrected chi connectivity index (χ2v) is 8.65. The maximum absolute atomic E-state index is 12.2. The van der Waals surface area contributed by atoms with Crippen molar-refractivity contribution < 1.29 is 8.42 Å². The van der Waals surface area contributed by atoms with Crippen LogP contribution in [0.5, 0.6) is 0 Å². The molecule has 0 bridgehead atoms. The second kappa shape index (κ2) is 5.73. The third kappa shape index (κ3) is 3.33. The van der Waals surface area contributed by atoms with E-state index in [1.807, 2.05) is 6.92 Å². The van der Waals surface area contributed by atoms with Crippen molar-refractivity contribution >= 4 is 70.5 Å². The largest absolute Gasteiger partial charge is 0.278 e. The van der Waals surface area contributed by atoms with Crippen LogP contribution < -0.4 is 4.72 Å². The molecular formula is C11H8Br2ClNO2S2. The van der Waals surface area contributed by atoms with Gasteiger partial charge in [-0.1, -0.05) is 11.6 Å². The molecule has 0 amide bonds. The Kier molecular flexibility index (Phi) is 4.62. The molecule has 8 heteroatoms. The number of nitrogens with one attached hydrogen (secondary N) is 1. The zero-order chi connectivity index (χ0) is 14.2. The van der Waals surface area contributed by atoms with Gasteiger partial charge in [-0.05, 0) is 67.9 Å². The first-order chi connectivity index (χ1) is 8.81. The van der Waals surface area contributed by atoms with Gasteiger partial charge in [-0.15, -0.1) is 11.3 Å². The van der Waals surface area contributed by atoms with Gasteiger partial charge in [0, 0.05) is 14.0 Å². The zero-order valence-electron chi connectivity index (χ0n) is 9.58. The average Bonchev–Trinajstić information content (AvgIpc) is 2.73. The van der Waals surface area contributed by atoms with Crippen LogP contribution in [0.3, 0.4) is 0 Å². The molecule has 0 fully saturated rings. The highest BCUT2D eigenvalue weighted by atomic mass is 79.9. The molecule has 0 saturated heterocycles. The number of hydrogen-bond acceptors (Lipinski definition) is 3. The molecule has 0 aliphatic rings. The minimum Gasteiger partial charge on any atom is -0.278 e. The number of anilines is 1. The lowest BCUT2D eigenvalue weighted by molar-refractivity contribution is 0.603. The fourth-order valence-corrected chi connectivity index (χ4v) is 5.65. The van der Waals surface area contributed by atoms with Crippen LogP contribution in [-0.2, 0) is 10.0 Å². The molecule has 0 radical (unpaired) electrons. The molecule has 102 valence electrons. The topological polar surface area (TPSA) is 46.2 Å². The summed E-state index contributed by atoms with van der Waals surface area (Å²) in [5.41, 5.74) is 1.28. The summed E-state index contributed by atoms with van der Waals surface area (Å²) < 4.78 is 28.4. The van der Waals surface area contributed by atoms with E-state index >= 15 is 0 Å². The number of halogens is 3. The SMILES string of the molecule is Cc1cc(Br)c(NS(=O)(=O)c2sccc2Br)cc1Cl. The summed E-state index contributed by atoms with van der Waals surface area (Å²) in [4.78, 5) is 0. The molecule has 1 aromatic carbocycles. The Balaban J connectivity index is 2.42. The fourth-order valence-electron chi connectivity index (χ4n) is 1.39. The van der Waals surface area contributed by atoms with E-state index in [1.165, 1.54) is 0 Å². The van der Waals surface area contributed by atoms with Crippen molar-refractivity contribution in [2.75, 3.05) is 4.72 Å². The second-order valence-electron chi connectivity index (χ2n) is 3.74. The number of thiophene rings is 1. The lowest BCUT2D eigenvalue weighted by Gasteiger charge is -2.10. The molecule has 0 aliphatic heterocycles. The minimum absolute atomic E-state index is 0.232. The van der Waals surface area contributed by atoms with Gasteiger partial charge in [0.25, 0.3) is 10.0 Å². The van der Waals surface area contributed by atoms with E-state index in [2.05, 4.69) is 36.6 Å². The van der Waals surface area contributed by atoms with Crippen molar-refractivity contribution in [3.8, 4) is 0 Å². The Morgan fingerprint density at radius 1 is 1.26 bits per heavy atom. The Bertz CT molecular complexity index is 728. The van der Waals surface area contributed by atoms with Crippen LogP contribution in [0.2, 0.25) is 5.02 Å². The Labute approximate surface area is 137 Å². The first-order valence-corrected chi connectivity index (χ1v) is 9.35. The molecular weight excluding hydrogens is 438 g/mol. The van der Waals surface area contributed by atoms with Crippen LogP contribution in [0.25, 0.3) is 0 Å². The molecule has 0 aliphatic carbocycles. The third-order valence-corrected chi connectivity index (χ3v) is 7.42. The predicted octanol–water partition coefficient (Wildman–Crippen LogP) is 5.04. The first-order valence-electron chi connectivity index (χ1n) is 5.03. The van der Waals surface area contributed by atoms with Gasteiger partial charge in [-0.25, -0.2) is 8.42 Å². The van der Waals surface area contributed by atoms with Crippen LogP contribution >= 0.6 is 54.8 Å². The average molecular weight is 446 g/mol. The van der Waals surface area contributed by atoms with Gasteiger partial charge < -0.3 is 0 Å². The maximum Gasteiger partial charge on any atom is 0.272 e. The molecule has 2 rings (SSSR count). The van der Waals surface area contributed by atoms with Crippen LogP contribution in [0.1, 0.15) is 5.56 Å². The highest BCUT2D eigenvalue weighted by Crippen LogP contribution is 2.33. The summed E-state index contributed by atoms with van der Waals surface area (Å²) in [6, 6.07) is 5.04. The zero-order valence-corrected chi connectivity index (χ0v) is 15.1. The Morgan fingerprint density at radius 2 is 1.95 bits per heavy atom. The van der Waals surface area contributed by atoms with E-state index in [4.69, 9.17) is 11.6 Å². The molecule has 0 unspecified atom stereocenters. The van der Waals surface area contributed by atoms with Crippen LogP contribution in [0.4, 0.5) is 5.69 Å². The predicted molar refractivity (Wildman–Crippen MR) is 86.7 cm³/mol. The minimum atomic E-state index is -3.62. The molecule has 1 aromatic heterocycles. The summed E-state index contributed by atoms with van der Waals surface area (Å²) >= 11 is 13.7. The van der Waals surface area contributed by atoms with Crippen LogP contribution in [0, 0.1) is 6.92 Å². The summed E-state index contributed by atoms with van der Waals surface area (Å²) in [6.07, 6.45) is 0. The number of benzene rings is 1. The summed E-state index contributed by atoms with van der Waals surface area (Å²) in [5.74, 6) is 0. The summed E-state index contributed by atoms with van der Waals surface area (Å²) in [7, 11) is -3.62. The molecule has 1 N–H and O–H groups in total. The summed E-state index contributed by atoms with van der Waals surface area (Å²) in [5, 5.41) is 2.21. The molecule has 0 saturated carbocycles. The summed E-state index contributed by atoms with van der Waals surface area (Å²) in [6.45, 7) is 1.85. The monoisotopic (exact) mass is 443 g/mol. The molecule has 2 aromatic rings. The van der Waals surface area contributed by atoms with Crippen molar-refractivity contribution in [1.82, 2.24) is 0 Å². The smallest absolute Gasteiger partial charge is 0.272 e. The van der Waals surface area contributed by atoms with Crippen molar-refractivity contribution in [2.24, 2.45) is 0 Å². The lowest BCUT2D eigenvalue weighted by Crippen LogP contribution is -2.12. The third-order valence-electron chi connectivity index (χ3n) is 2.32. The van der Waals surface area contributed by atoms with Crippen LogP contribution in [0.15, 0.2) is 36.7 Å². The van der Waals surface area contributed by atoms with Gasteiger partial charge in [0.15, 0.2) is 4.21 Å². The van der Waals surface area contributed by atoms with Gasteiger partial charge in [-0.3, -0.25) is 4.72 Å². The van der Waals surface area contributed by atoms with E-state index in [9.17, 15) is 8.42 Å². The number of sulfonamides is 1. The van der Waals surface area contributed by atoms with Gasteiger partial charge >= 0.3 is 0 Å². The van der Waals surface area contributed by atoms with E-state index < -0.39 is 10.0 Å². The normalized spacial score (nSPS) is 11.6. The first kappa shape index (κ1) is 15.3. The fraction of sp³-hybridized carbons (Fsp3) is 0.0909. The quantitative estimate of drug-likeness (QED) is 0.720. The van der Waals surface area contributed by atoms with Crippen molar-refractivity contribution in [3.63, 3.8) is 0 Å². The highest BCUT2D eigenvalue weighted by Gasteiger charge is 2.20. The van der Waals surface area contributed by atoms with Crippen molar-refractivity contribution in [1.29, 1.82) is 0 Å². The maximum atomic E-state index is 12.2. The highest BCUT2D eigenvalue weighted by molar-refractivity contribution is 9.11. The van der Waals surface area contributed by atoms with E-state index in [0.717, 1.165) is 16.9 Å². The molecule has 3 nitrogen and oxygen atoms in total. The van der Waals surface area contributed by atoms with Crippen molar-refractivity contribution in [2.45, 2.75) is 11.1 Å². The van der Waals surface area contributed by atoms with Gasteiger partial charge in [0.1, 0.15) is 0 Å². The Morgan fingerprint density at radius 3 is 2.53 bits per heavy atom. The molecule has 19 heavy (non-hydrogen) atoms. The standard InChI is InChI=1S/C11H8Br2ClNO2S2/c1-6-4-8(13)10(5-9(6)14)15-19(16,17)11-7(12)2-3-18-11/h2-5,15H,1H3. The van der Waals surface area contributed by atoms with Gasteiger partial charge in [-0.2, -0.15) is 0 Å². The Hall–Kier alpha value is -0.0800. The van der Waals surface area contributed by atoms with Gasteiger partial charge in [0.05, 0.1) is 5.69 Å².